The standard InChI is InChI=1S/C25H26N2O3/c1-17(19-12-11-18-7-3-4-8-20(18)13-19)26-24(28)16-27-15-22-10-6-5-9-21(22)14-23(27)25(29)30-2/h3-13,17,23H,14-16H2,1-2H3,(H,26,28). The van der Waals surface area contributed by atoms with E-state index in [1.165, 1.54) is 12.5 Å². The van der Waals surface area contributed by atoms with Gasteiger partial charge in [-0.3, -0.25) is 14.5 Å². The lowest BCUT2D eigenvalue weighted by Gasteiger charge is -2.34. The van der Waals surface area contributed by atoms with Crippen LogP contribution in [0.4, 0.5) is 0 Å². The Hall–Kier alpha value is -3.18. The predicted molar refractivity (Wildman–Crippen MR) is 117 cm³/mol. The minimum Gasteiger partial charge on any atom is -0.468 e. The smallest absolute Gasteiger partial charge is 0.323 e. The SMILES string of the molecule is COC(=O)C1Cc2ccccc2CN1CC(=O)NC(C)c1ccc2ccccc2c1. The molecule has 1 amide bonds. The lowest BCUT2D eigenvalue weighted by atomic mass is 9.94. The summed E-state index contributed by atoms with van der Waals surface area (Å²) in [5.41, 5.74) is 3.33. The molecule has 0 spiro atoms. The average Bonchev–Trinajstić information content (AvgIpc) is 2.77. The highest BCUT2D eigenvalue weighted by Crippen LogP contribution is 2.24. The van der Waals surface area contributed by atoms with Crippen molar-refractivity contribution in [3.8, 4) is 0 Å². The van der Waals surface area contributed by atoms with Crippen LogP contribution < -0.4 is 5.32 Å². The van der Waals surface area contributed by atoms with Crippen molar-refractivity contribution in [1.29, 1.82) is 0 Å². The predicted octanol–water partition coefficient (Wildman–Crippen LogP) is 3.62. The Labute approximate surface area is 176 Å². The number of methoxy groups -OCH3 is 1. The third-order valence-electron chi connectivity index (χ3n) is 5.82. The third kappa shape index (κ3) is 4.21. The van der Waals surface area contributed by atoms with Crippen LogP contribution in [0.1, 0.15) is 29.7 Å². The van der Waals surface area contributed by atoms with Crippen molar-refractivity contribution < 1.29 is 14.3 Å². The summed E-state index contributed by atoms with van der Waals surface area (Å²) in [6.07, 6.45) is 0.552. The zero-order valence-corrected chi connectivity index (χ0v) is 17.3. The molecule has 1 aliphatic rings. The summed E-state index contributed by atoms with van der Waals surface area (Å²) in [5, 5.41) is 5.40. The van der Waals surface area contributed by atoms with Crippen LogP contribution in [0.3, 0.4) is 0 Å². The first-order valence-electron chi connectivity index (χ1n) is 10.2. The topological polar surface area (TPSA) is 58.6 Å². The van der Waals surface area contributed by atoms with Gasteiger partial charge in [0.15, 0.2) is 0 Å². The van der Waals surface area contributed by atoms with Gasteiger partial charge in [-0.25, -0.2) is 0 Å². The number of benzene rings is 3. The minimum atomic E-state index is -0.452. The first-order chi connectivity index (χ1) is 14.5. The van der Waals surface area contributed by atoms with E-state index in [0.29, 0.717) is 13.0 Å². The van der Waals surface area contributed by atoms with Crippen LogP contribution in [0.25, 0.3) is 10.8 Å². The lowest BCUT2D eigenvalue weighted by molar-refractivity contribution is -0.148. The molecule has 0 saturated heterocycles. The molecule has 0 saturated carbocycles. The summed E-state index contributed by atoms with van der Waals surface area (Å²) >= 11 is 0. The van der Waals surface area contributed by atoms with Gasteiger partial charge in [0.05, 0.1) is 19.7 Å². The van der Waals surface area contributed by atoms with E-state index in [0.717, 1.165) is 22.1 Å². The van der Waals surface area contributed by atoms with Crippen molar-refractivity contribution >= 4 is 22.6 Å². The highest BCUT2D eigenvalue weighted by molar-refractivity contribution is 5.84. The number of rotatable bonds is 5. The van der Waals surface area contributed by atoms with Gasteiger partial charge in [-0.2, -0.15) is 0 Å². The van der Waals surface area contributed by atoms with Gasteiger partial charge in [0.2, 0.25) is 5.91 Å². The van der Waals surface area contributed by atoms with Gasteiger partial charge in [-0.15, -0.1) is 0 Å². The summed E-state index contributed by atoms with van der Waals surface area (Å²) in [6, 6.07) is 21.8. The Morgan fingerprint density at radius 2 is 1.73 bits per heavy atom. The molecule has 0 aromatic heterocycles. The molecule has 1 N–H and O–H groups in total. The molecule has 3 aromatic carbocycles. The molecule has 0 fully saturated rings. The molecule has 4 rings (SSSR count). The molecule has 3 aromatic rings. The van der Waals surface area contributed by atoms with Gasteiger partial charge >= 0.3 is 5.97 Å². The fraction of sp³-hybridized carbons (Fsp3) is 0.280. The van der Waals surface area contributed by atoms with Crippen molar-refractivity contribution in [3.05, 3.63) is 83.4 Å². The summed E-state index contributed by atoms with van der Waals surface area (Å²) in [6.45, 7) is 2.67. The van der Waals surface area contributed by atoms with E-state index >= 15 is 0 Å². The van der Waals surface area contributed by atoms with Crippen molar-refractivity contribution in [2.45, 2.75) is 32.0 Å². The van der Waals surface area contributed by atoms with Crippen molar-refractivity contribution in [3.63, 3.8) is 0 Å². The van der Waals surface area contributed by atoms with E-state index < -0.39 is 6.04 Å². The van der Waals surface area contributed by atoms with Crippen LogP contribution >= 0.6 is 0 Å². The molecule has 1 heterocycles. The van der Waals surface area contributed by atoms with Crippen LogP contribution in [0.2, 0.25) is 0 Å². The lowest BCUT2D eigenvalue weighted by Crippen LogP contribution is -2.50. The van der Waals surface area contributed by atoms with Gasteiger partial charge in [0.1, 0.15) is 6.04 Å². The van der Waals surface area contributed by atoms with Crippen molar-refractivity contribution in [2.24, 2.45) is 0 Å². The number of nitrogens with one attached hydrogen (secondary N) is 1. The average molecular weight is 402 g/mol. The Kier molecular flexibility index (Phi) is 5.81. The van der Waals surface area contributed by atoms with Crippen molar-refractivity contribution in [1.82, 2.24) is 10.2 Å². The molecule has 0 bridgehead atoms. The number of carbonyl (C=O) groups is 2. The summed E-state index contributed by atoms with van der Waals surface area (Å²) < 4.78 is 5.00. The number of hydrogen-bond acceptors (Lipinski definition) is 4. The second kappa shape index (κ2) is 8.67. The van der Waals surface area contributed by atoms with Crippen LogP contribution in [0.15, 0.2) is 66.7 Å². The Balaban J connectivity index is 1.46. The summed E-state index contributed by atoms with van der Waals surface area (Å²) in [4.78, 5) is 27.1. The summed E-state index contributed by atoms with van der Waals surface area (Å²) in [5.74, 6) is -0.413. The minimum absolute atomic E-state index is 0.107. The molecule has 154 valence electrons. The Morgan fingerprint density at radius 1 is 1.03 bits per heavy atom. The van der Waals surface area contributed by atoms with Crippen LogP contribution in [0, 0.1) is 0 Å². The second-order valence-electron chi connectivity index (χ2n) is 7.81. The monoisotopic (exact) mass is 402 g/mol. The van der Waals surface area contributed by atoms with Gasteiger partial charge in [-0.05, 0) is 46.9 Å². The largest absolute Gasteiger partial charge is 0.468 e. The number of hydrogen-bond donors (Lipinski definition) is 1. The van der Waals surface area contributed by atoms with Crippen molar-refractivity contribution in [2.75, 3.05) is 13.7 Å². The molecule has 2 unspecified atom stereocenters. The normalized spacial score (nSPS) is 17.2. The second-order valence-corrected chi connectivity index (χ2v) is 7.81. The number of fused-ring (bicyclic) bond motifs is 2. The number of esters is 1. The van der Waals surface area contributed by atoms with Crippen LogP contribution in [-0.2, 0) is 27.3 Å². The Bertz CT molecular complexity index is 1080. The molecule has 0 radical (unpaired) electrons. The number of amides is 1. The number of carbonyl (C=O) groups excluding carboxylic acids is 2. The molecule has 2 atom stereocenters. The molecule has 0 aliphatic carbocycles. The third-order valence-corrected chi connectivity index (χ3v) is 5.82. The number of ether oxygens (including phenoxy) is 1. The number of nitrogens with zero attached hydrogens (tertiary/aromatic N) is 1. The highest BCUT2D eigenvalue weighted by atomic mass is 16.5. The maximum Gasteiger partial charge on any atom is 0.323 e. The molecule has 30 heavy (non-hydrogen) atoms. The van der Waals surface area contributed by atoms with E-state index in [1.807, 2.05) is 54.3 Å². The fourth-order valence-electron chi connectivity index (χ4n) is 4.14. The fourth-order valence-corrected chi connectivity index (χ4v) is 4.14. The molecule has 1 aliphatic heterocycles. The molecular weight excluding hydrogens is 376 g/mol. The molecule has 5 nitrogen and oxygen atoms in total. The van der Waals surface area contributed by atoms with E-state index in [4.69, 9.17) is 4.74 Å². The maximum atomic E-state index is 12.8. The molecule has 5 heteroatoms. The van der Waals surface area contributed by atoms with E-state index in [2.05, 4.69) is 29.6 Å². The van der Waals surface area contributed by atoms with E-state index in [-0.39, 0.29) is 24.5 Å². The van der Waals surface area contributed by atoms with Crippen LogP contribution in [-0.4, -0.2) is 36.5 Å². The first kappa shape index (κ1) is 20.1. The maximum absolute atomic E-state index is 12.8. The van der Waals surface area contributed by atoms with Crippen LogP contribution in [0.5, 0.6) is 0 Å². The van der Waals surface area contributed by atoms with Gasteiger partial charge in [0, 0.05) is 6.54 Å². The zero-order valence-electron chi connectivity index (χ0n) is 17.3. The van der Waals surface area contributed by atoms with Gasteiger partial charge < -0.3 is 10.1 Å². The first-order valence-corrected chi connectivity index (χ1v) is 10.2. The van der Waals surface area contributed by atoms with E-state index in [1.54, 1.807) is 0 Å². The molecular formula is C25H26N2O3. The highest BCUT2D eigenvalue weighted by Gasteiger charge is 2.33. The quantitative estimate of drug-likeness (QED) is 0.663. The Morgan fingerprint density at radius 3 is 2.50 bits per heavy atom. The van der Waals surface area contributed by atoms with E-state index in [9.17, 15) is 9.59 Å². The zero-order chi connectivity index (χ0) is 21.1. The van der Waals surface area contributed by atoms with Gasteiger partial charge in [0.25, 0.3) is 0 Å². The summed E-state index contributed by atoms with van der Waals surface area (Å²) in [7, 11) is 1.39. The van der Waals surface area contributed by atoms with Gasteiger partial charge in [-0.1, -0.05) is 60.7 Å².